The molecule has 1 saturated heterocycles. The van der Waals surface area contributed by atoms with Gasteiger partial charge in [-0.25, -0.2) is 4.79 Å². The maximum absolute atomic E-state index is 10.9. The first-order chi connectivity index (χ1) is 6.59. The maximum atomic E-state index is 10.9. The molecule has 1 aliphatic heterocycles. The highest BCUT2D eigenvalue weighted by Crippen LogP contribution is 1.88. The van der Waals surface area contributed by atoms with Crippen LogP contribution in [0, 0.1) is 0 Å². The van der Waals surface area contributed by atoms with Crippen molar-refractivity contribution >= 4 is 5.97 Å². The van der Waals surface area contributed by atoms with Crippen molar-refractivity contribution in [2.24, 2.45) is 0 Å². The molecule has 5 heteroatoms. The number of rotatable bonds is 4. The summed E-state index contributed by atoms with van der Waals surface area (Å²) in [6, 6.07) is 0. The Labute approximate surface area is 83.6 Å². The van der Waals surface area contributed by atoms with Gasteiger partial charge < -0.3 is 14.6 Å². The second-order valence-electron chi connectivity index (χ2n) is 3.70. The molecule has 2 atom stereocenters. The van der Waals surface area contributed by atoms with E-state index >= 15 is 0 Å². The molecule has 1 heterocycles. The molecule has 1 rings (SSSR count). The number of nitrogens with one attached hydrogen (secondary N) is 1. The summed E-state index contributed by atoms with van der Waals surface area (Å²) in [6.07, 6.45) is -0.536. The third kappa shape index (κ3) is 3.61. The Bertz CT molecular complexity index is 195. The summed E-state index contributed by atoms with van der Waals surface area (Å²) in [5, 5.41) is 9.67. The maximum Gasteiger partial charge on any atom is 0.362 e. The van der Waals surface area contributed by atoms with Gasteiger partial charge in [-0.3, -0.25) is 4.90 Å². The van der Waals surface area contributed by atoms with Crippen LogP contribution in [-0.4, -0.2) is 49.7 Å². The van der Waals surface area contributed by atoms with Gasteiger partial charge in [0.25, 0.3) is 0 Å². The van der Waals surface area contributed by atoms with Crippen molar-refractivity contribution in [2.45, 2.75) is 26.2 Å². The van der Waals surface area contributed by atoms with Crippen molar-refractivity contribution in [3.05, 3.63) is 0 Å². The number of esters is 1. The van der Waals surface area contributed by atoms with E-state index in [9.17, 15) is 9.90 Å². The van der Waals surface area contributed by atoms with Crippen LogP contribution in [0.15, 0.2) is 0 Å². The summed E-state index contributed by atoms with van der Waals surface area (Å²) >= 11 is 0. The highest BCUT2D eigenvalue weighted by molar-refractivity contribution is 5.70. The van der Waals surface area contributed by atoms with Crippen LogP contribution in [-0.2, 0) is 14.3 Å². The molecule has 0 saturated carbocycles. The predicted octanol–water partition coefficient (Wildman–Crippen LogP) is -1.83. The number of cyclic esters (lactones) is 1. The van der Waals surface area contributed by atoms with Gasteiger partial charge in [0, 0.05) is 0 Å². The molecule has 14 heavy (non-hydrogen) atoms. The van der Waals surface area contributed by atoms with E-state index in [0.29, 0.717) is 13.2 Å². The monoisotopic (exact) mass is 204 g/mol. The lowest BCUT2D eigenvalue weighted by atomic mass is 10.4. The van der Waals surface area contributed by atoms with Gasteiger partial charge in [-0.15, -0.1) is 0 Å². The number of aliphatic hydroxyl groups is 1. The fourth-order valence-electron chi connectivity index (χ4n) is 1.31. The van der Waals surface area contributed by atoms with E-state index in [1.165, 1.54) is 0 Å². The minimum absolute atomic E-state index is 0.0980. The standard InChI is InChI=1S/C9H17NO4/c1-7(2)14-6-8(11)10-3-4-13-9(12)5-10/h7-8,11H,3-6H2,1-2H3/p+1. The van der Waals surface area contributed by atoms with Crippen LogP contribution < -0.4 is 4.90 Å². The fraction of sp³-hybridized carbons (Fsp3) is 0.889. The van der Waals surface area contributed by atoms with E-state index in [4.69, 9.17) is 9.47 Å². The van der Waals surface area contributed by atoms with Crippen LogP contribution in [0.5, 0.6) is 0 Å². The number of hydrogen-bond acceptors (Lipinski definition) is 4. The second-order valence-corrected chi connectivity index (χ2v) is 3.70. The van der Waals surface area contributed by atoms with Gasteiger partial charge in [0.2, 0.25) is 6.23 Å². The molecule has 0 aromatic rings. The molecule has 2 N–H and O–H groups in total. The number of quaternary nitrogens is 1. The summed E-state index contributed by atoms with van der Waals surface area (Å²) in [6.45, 7) is 5.34. The lowest BCUT2D eigenvalue weighted by molar-refractivity contribution is -0.945. The average molecular weight is 204 g/mol. The van der Waals surface area contributed by atoms with Gasteiger partial charge in [0.15, 0.2) is 6.54 Å². The van der Waals surface area contributed by atoms with Gasteiger partial charge in [0.05, 0.1) is 6.10 Å². The van der Waals surface area contributed by atoms with Gasteiger partial charge in [-0.2, -0.15) is 0 Å². The molecule has 1 aliphatic rings. The topological polar surface area (TPSA) is 60.2 Å². The van der Waals surface area contributed by atoms with Crippen LogP contribution in [0.2, 0.25) is 0 Å². The molecule has 0 radical (unpaired) electrons. The Hall–Kier alpha value is -0.650. The van der Waals surface area contributed by atoms with Gasteiger partial charge in [0.1, 0.15) is 19.8 Å². The summed E-state index contributed by atoms with van der Waals surface area (Å²) in [5.41, 5.74) is 0. The molecule has 0 aromatic carbocycles. The van der Waals surface area contributed by atoms with Crippen LogP contribution in [0.4, 0.5) is 0 Å². The molecular weight excluding hydrogens is 186 g/mol. The first kappa shape index (κ1) is 11.4. The van der Waals surface area contributed by atoms with Crippen LogP contribution in [0.1, 0.15) is 13.8 Å². The van der Waals surface area contributed by atoms with Crippen molar-refractivity contribution in [1.29, 1.82) is 0 Å². The Morgan fingerprint density at radius 2 is 2.36 bits per heavy atom. The van der Waals surface area contributed by atoms with Crippen LogP contribution in [0.3, 0.4) is 0 Å². The van der Waals surface area contributed by atoms with Crippen molar-refractivity contribution in [3.8, 4) is 0 Å². The first-order valence-electron chi connectivity index (χ1n) is 4.89. The third-order valence-corrected chi connectivity index (χ3v) is 2.12. The number of hydrogen-bond donors (Lipinski definition) is 2. The molecule has 1 fully saturated rings. The lowest BCUT2D eigenvalue weighted by Crippen LogP contribution is -3.18. The van der Waals surface area contributed by atoms with Crippen molar-refractivity contribution < 1.29 is 24.3 Å². The molecule has 0 amide bonds. The molecule has 0 aliphatic carbocycles. The Morgan fingerprint density at radius 3 is 2.93 bits per heavy atom. The van der Waals surface area contributed by atoms with E-state index in [-0.39, 0.29) is 25.2 Å². The summed E-state index contributed by atoms with van der Waals surface area (Å²) in [5.74, 6) is -0.255. The average Bonchev–Trinajstić information content (AvgIpc) is 2.14. The largest absolute Gasteiger partial charge is 0.456 e. The molecule has 2 unspecified atom stereocenters. The van der Waals surface area contributed by atoms with Crippen LogP contribution >= 0.6 is 0 Å². The zero-order valence-corrected chi connectivity index (χ0v) is 8.66. The van der Waals surface area contributed by atoms with Crippen molar-refractivity contribution in [3.63, 3.8) is 0 Å². The number of aliphatic hydroxyl groups excluding tert-OH is 1. The molecule has 0 bridgehead atoms. The van der Waals surface area contributed by atoms with Gasteiger partial charge in [-0.05, 0) is 13.8 Å². The minimum atomic E-state index is -0.634. The number of ether oxygens (including phenoxy) is 2. The van der Waals surface area contributed by atoms with E-state index in [2.05, 4.69) is 0 Å². The zero-order valence-electron chi connectivity index (χ0n) is 8.66. The first-order valence-corrected chi connectivity index (χ1v) is 4.89. The Kier molecular flexibility index (Phi) is 4.31. The smallest absolute Gasteiger partial charge is 0.362 e. The minimum Gasteiger partial charge on any atom is -0.456 e. The summed E-state index contributed by atoms with van der Waals surface area (Å²) in [4.78, 5) is 11.7. The predicted molar refractivity (Wildman–Crippen MR) is 48.8 cm³/mol. The number of morpholine rings is 1. The Balaban J connectivity index is 2.28. The van der Waals surface area contributed by atoms with E-state index in [0.717, 1.165) is 4.90 Å². The van der Waals surface area contributed by atoms with E-state index in [1.54, 1.807) is 0 Å². The fourth-order valence-corrected chi connectivity index (χ4v) is 1.31. The number of carbonyl (C=O) groups excluding carboxylic acids is 1. The van der Waals surface area contributed by atoms with Gasteiger partial charge >= 0.3 is 5.97 Å². The van der Waals surface area contributed by atoms with E-state index < -0.39 is 6.23 Å². The normalized spacial score (nSPS) is 24.9. The van der Waals surface area contributed by atoms with Crippen molar-refractivity contribution in [2.75, 3.05) is 26.3 Å². The highest BCUT2D eigenvalue weighted by Gasteiger charge is 2.27. The second kappa shape index (κ2) is 5.29. The lowest BCUT2D eigenvalue weighted by Gasteiger charge is -2.27. The zero-order chi connectivity index (χ0) is 10.6. The molecule has 5 nitrogen and oxygen atoms in total. The highest BCUT2D eigenvalue weighted by atomic mass is 16.5. The van der Waals surface area contributed by atoms with E-state index in [1.807, 2.05) is 13.8 Å². The molecule has 0 aromatic heterocycles. The SMILES string of the molecule is CC(C)OCC(O)[NH+]1CCOC(=O)C1. The third-order valence-electron chi connectivity index (χ3n) is 2.12. The van der Waals surface area contributed by atoms with Crippen LogP contribution in [0.25, 0.3) is 0 Å². The summed E-state index contributed by atoms with van der Waals surface area (Å²) < 4.78 is 10.0. The number of carbonyl (C=O) groups is 1. The summed E-state index contributed by atoms with van der Waals surface area (Å²) in [7, 11) is 0. The molecule has 82 valence electrons. The van der Waals surface area contributed by atoms with Crippen molar-refractivity contribution in [1.82, 2.24) is 0 Å². The van der Waals surface area contributed by atoms with Gasteiger partial charge in [-0.1, -0.05) is 0 Å². The molecule has 0 spiro atoms. The molecular formula is C9H18NO4+. The Morgan fingerprint density at radius 1 is 1.64 bits per heavy atom. The quantitative estimate of drug-likeness (QED) is 0.529.